The summed E-state index contributed by atoms with van der Waals surface area (Å²) in [4.78, 5) is 29.2. The van der Waals surface area contributed by atoms with Crippen LogP contribution in [0, 0.1) is 0 Å². The molecule has 5 nitrogen and oxygen atoms in total. The molecule has 0 amide bonds. The third kappa shape index (κ3) is 3.29. The van der Waals surface area contributed by atoms with E-state index in [0.29, 0.717) is 20.9 Å². The van der Waals surface area contributed by atoms with Gasteiger partial charge in [-0.15, -0.1) is 0 Å². The van der Waals surface area contributed by atoms with Gasteiger partial charge in [0.25, 0.3) is 11.1 Å². The van der Waals surface area contributed by atoms with Crippen LogP contribution in [0.5, 0.6) is 0 Å². The lowest BCUT2D eigenvalue weighted by Gasteiger charge is -2.00. The van der Waals surface area contributed by atoms with Gasteiger partial charge in [0.15, 0.2) is 0 Å². The lowest BCUT2D eigenvalue weighted by molar-refractivity contribution is 0.811. The normalized spacial score (nSPS) is 12.0. The summed E-state index contributed by atoms with van der Waals surface area (Å²) in [6.07, 6.45) is 2.06. The van der Waals surface area contributed by atoms with Crippen molar-refractivity contribution in [2.45, 2.75) is 6.42 Å². The first-order valence-electron chi connectivity index (χ1n) is 7.84. The van der Waals surface area contributed by atoms with Crippen molar-refractivity contribution < 1.29 is 0 Å². The van der Waals surface area contributed by atoms with E-state index in [1.807, 2.05) is 42.5 Å². The highest BCUT2D eigenvalue weighted by molar-refractivity contribution is 7.15. The molecule has 0 N–H and O–H groups in total. The van der Waals surface area contributed by atoms with Crippen molar-refractivity contribution in [2.75, 3.05) is 0 Å². The Kier molecular flexibility index (Phi) is 4.36. The number of hydrogen-bond acceptors (Lipinski definition) is 5. The van der Waals surface area contributed by atoms with Gasteiger partial charge in [-0.05, 0) is 29.3 Å². The van der Waals surface area contributed by atoms with Crippen LogP contribution in [-0.4, -0.2) is 14.6 Å². The smallest absolute Gasteiger partial charge is 0.266 e. The lowest BCUT2D eigenvalue weighted by Crippen LogP contribution is -2.28. The van der Waals surface area contributed by atoms with Crippen LogP contribution in [0.25, 0.3) is 11.0 Å². The molecule has 2 heterocycles. The van der Waals surface area contributed by atoms with Gasteiger partial charge in [-0.3, -0.25) is 9.59 Å². The second-order valence-electron chi connectivity index (χ2n) is 5.69. The van der Waals surface area contributed by atoms with Gasteiger partial charge >= 0.3 is 0 Å². The average molecular weight is 382 g/mol. The van der Waals surface area contributed by atoms with Gasteiger partial charge in [-0.25, -0.2) is 0 Å². The van der Waals surface area contributed by atoms with E-state index in [9.17, 15) is 9.59 Å². The molecule has 0 radical (unpaired) electrons. The standard InChI is InChI=1S/C19H12ClN3O2S/c20-14-8-6-13(7-9-14)10-15-17(24)21-19-23(22-15)18(25)16(26-19)11-12-4-2-1-3-5-12/h1-9,11H,10H2/b16-11-. The summed E-state index contributed by atoms with van der Waals surface area (Å²) < 4.78 is 1.69. The van der Waals surface area contributed by atoms with Crippen molar-refractivity contribution >= 4 is 34.0 Å². The number of benzene rings is 2. The van der Waals surface area contributed by atoms with Crippen molar-refractivity contribution in [2.24, 2.45) is 0 Å². The first-order chi connectivity index (χ1) is 12.6. The van der Waals surface area contributed by atoms with Crippen molar-refractivity contribution in [3.63, 3.8) is 0 Å². The van der Waals surface area contributed by atoms with E-state index in [1.54, 1.807) is 18.2 Å². The van der Waals surface area contributed by atoms with Crippen LogP contribution in [0.2, 0.25) is 5.02 Å². The molecule has 0 aliphatic carbocycles. The summed E-state index contributed by atoms with van der Waals surface area (Å²) in [6, 6.07) is 16.6. The SMILES string of the molecule is O=c1nc2s/c(=C\c3ccccc3)c(=O)n2nc1Cc1ccc(Cl)cc1. The summed E-state index contributed by atoms with van der Waals surface area (Å²) >= 11 is 7.03. The molecule has 7 heteroatoms. The van der Waals surface area contributed by atoms with Gasteiger partial charge in [0, 0.05) is 11.4 Å². The Bertz CT molecular complexity index is 1250. The fraction of sp³-hybridized carbons (Fsp3) is 0.0526. The lowest BCUT2D eigenvalue weighted by atomic mass is 10.1. The van der Waals surface area contributed by atoms with Crippen molar-refractivity contribution in [1.29, 1.82) is 0 Å². The molecule has 26 heavy (non-hydrogen) atoms. The minimum atomic E-state index is -0.424. The molecule has 4 aromatic rings. The number of aromatic nitrogens is 3. The van der Waals surface area contributed by atoms with E-state index in [-0.39, 0.29) is 11.3 Å². The third-order valence-electron chi connectivity index (χ3n) is 3.83. The maximum Gasteiger partial charge on any atom is 0.296 e. The Morgan fingerprint density at radius 2 is 1.77 bits per heavy atom. The van der Waals surface area contributed by atoms with E-state index in [4.69, 9.17) is 11.6 Å². The van der Waals surface area contributed by atoms with Gasteiger partial charge in [0.2, 0.25) is 4.96 Å². The molecule has 0 saturated heterocycles. The summed E-state index contributed by atoms with van der Waals surface area (Å²) in [7, 11) is 0. The average Bonchev–Trinajstić information content (AvgIpc) is 2.93. The zero-order valence-electron chi connectivity index (χ0n) is 13.4. The van der Waals surface area contributed by atoms with E-state index in [2.05, 4.69) is 10.1 Å². The van der Waals surface area contributed by atoms with Crippen LogP contribution in [0.1, 0.15) is 16.8 Å². The summed E-state index contributed by atoms with van der Waals surface area (Å²) in [6.45, 7) is 0. The van der Waals surface area contributed by atoms with Crippen LogP contribution in [-0.2, 0) is 6.42 Å². The zero-order chi connectivity index (χ0) is 18.1. The van der Waals surface area contributed by atoms with Crippen LogP contribution in [0.15, 0.2) is 64.2 Å². The molecule has 128 valence electrons. The summed E-state index contributed by atoms with van der Waals surface area (Å²) in [5.41, 5.74) is 1.30. The quantitative estimate of drug-likeness (QED) is 0.546. The molecule has 0 aliphatic heterocycles. The first kappa shape index (κ1) is 16.6. The Morgan fingerprint density at radius 1 is 1.04 bits per heavy atom. The van der Waals surface area contributed by atoms with E-state index < -0.39 is 5.56 Å². The molecule has 0 fully saturated rings. The highest BCUT2D eigenvalue weighted by atomic mass is 35.5. The van der Waals surface area contributed by atoms with Crippen molar-refractivity contribution in [3.8, 4) is 0 Å². The van der Waals surface area contributed by atoms with Crippen molar-refractivity contribution in [3.05, 3.63) is 102 Å². The molecule has 0 atom stereocenters. The van der Waals surface area contributed by atoms with Crippen LogP contribution in [0.4, 0.5) is 0 Å². The topological polar surface area (TPSA) is 64.3 Å². The predicted octanol–water partition coefficient (Wildman–Crippen LogP) is 2.30. The summed E-state index contributed by atoms with van der Waals surface area (Å²) in [5, 5.41) is 4.86. The fourth-order valence-electron chi connectivity index (χ4n) is 2.55. The molecular formula is C19H12ClN3O2S. The maximum atomic E-state index is 12.6. The second kappa shape index (κ2) is 6.82. The molecule has 4 rings (SSSR count). The first-order valence-corrected chi connectivity index (χ1v) is 9.03. The van der Waals surface area contributed by atoms with Gasteiger partial charge in [0.05, 0.1) is 4.53 Å². The second-order valence-corrected chi connectivity index (χ2v) is 7.13. The van der Waals surface area contributed by atoms with Crippen LogP contribution >= 0.6 is 22.9 Å². The Morgan fingerprint density at radius 3 is 2.50 bits per heavy atom. The monoisotopic (exact) mass is 381 g/mol. The minimum Gasteiger partial charge on any atom is -0.266 e. The van der Waals surface area contributed by atoms with Crippen molar-refractivity contribution in [1.82, 2.24) is 14.6 Å². The molecule has 2 aromatic carbocycles. The molecule has 0 unspecified atom stereocenters. The maximum absolute atomic E-state index is 12.6. The third-order valence-corrected chi connectivity index (χ3v) is 5.04. The van der Waals surface area contributed by atoms with Gasteiger partial charge < -0.3 is 0 Å². The minimum absolute atomic E-state index is 0.228. The largest absolute Gasteiger partial charge is 0.296 e. The number of rotatable bonds is 3. The Hall–Kier alpha value is -2.83. The van der Waals surface area contributed by atoms with Crippen LogP contribution < -0.4 is 15.7 Å². The molecule has 2 aromatic heterocycles. The van der Waals surface area contributed by atoms with Gasteiger partial charge in [0.1, 0.15) is 5.69 Å². The Labute approximate surface area is 156 Å². The molecular weight excluding hydrogens is 370 g/mol. The molecule has 0 bridgehead atoms. The number of halogens is 1. The number of hydrogen-bond donors (Lipinski definition) is 0. The number of fused-ring (bicyclic) bond motifs is 1. The van der Waals surface area contributed by atoms with Gasteiger partial charge in [-0.1, -0.05) is 65.4 Å². The van der Waals surface area contributed by atoms with Crippen LogP contribution in [0.3, 0.4) is 0 Å². The predicted molar refractivity (Wildman–Crippen MR) is 103 cm³/mol. The Balaban J connectivity index is 1.80. The molecule has 0 spiro atoms. The molecule has 0 aliphatic rings. The summed E-state index contributed by atoms with van der Waals surface area (Å²) in [5.74, 6) is 0. The van der Waals surface area contributed by atoms with Gasteiger partial charge in [-0.2, -0.15) is 14.6 Å². The highest BCUT2D eigenvalue weighted by Gasteiger charge is 2.11. The fourth-order valence-corrected chi connectivity index (χ4v) is 3.58. The zero-order valence-corrected chi connectivity index (χ0v) is 15.0. The number of thiazole rings is 1. The highest BCUT2D eigenvalue weighted by Crippen LogP contribution is 2.11. The molecule has 0 saturated carbocycles. The van der Waals surface area contributed by atoms with E-state index >= 15 is 0 Å². The number of nitrogens with zero attached hydrogens (tertiary/aromatic N) is 3. The van der Waals surface area contributed by atoms with E-state index in [1.165, 1.54) is 4.52 Å². The van der Waals surface area contributed by atoms with E-state index in [0.717, 1.165) is 22.5 Å².